The monoisotopic (exact) mass is 150 g/mol. The van der Waals surface area contributed by atoms with E-state index in [4.69, 9.17) is 4.74 Å². The Morgan fingerprint density at radius 3 is 1.91 bits per heavy atom. The van der Waals surface area contributed by atoms with Crippen LogP contribution in [0.3, 0.4) is 0 Å². The maximum Gasteiger partial charge on any atom is 0.0793 e. The van der Waals surface area contributed by atoms with Gasteiger partial charge in [0.25, 0.3) is 0 Å². The van der Waals surface area contributed by atoms with E-state index >= 15 is 0 Å². The lowest BCUT2D eigenvalue weighted by Gasteiger charge is -2.37. The third-order valence-corrected chi connectivity index (χ3v) is 2.69. The molecular weight excluding hydrogens is 136 g/mol. The molecule has 0 aromatic rings. The molecule has 2 saturated heterocycles. The Morgan fingerprint density at radius 2 is 1.45 bits per heavy atom. The Balaban J connectivity index is 2.14. The molecule has 0 saturated carbocycles. The van der Waals surface area contributed by atoms with Crippen LogP contribution in [-0.2, 0) is 4.74 Å². The van der Waals surface area contributed by atoms with Gasteiger partial charge in [-0.05, 0) is 36.8 Å². The third kappa shape index (κ3) is 1.14. The normalized spacial score (nSPS) is 37.5. The van der Waals surface area contributed by atoms with Gasteiger partial charge >= 0.3 is 0 Å². The van der Waals surface area contributed by atoms with Crippen LogP contribution in [0.25, 0.3) is 0 Å². The van der Waals surface area contributed by atoms with Crippen molar-refractivity contribution in [3.05, 3.63) is 24.3 Å². The number of hydrogen-bond donors (Lipinski definition) is 0. The fraction of sp³-hybridized carbons (Fsp3) is 0.600. The Morgan fingerprint density at radius 1 is 1.00 bits per heavy atom. The van der Waals surface area contributed by atoms with E-state index < -0.39 is 0 Å². The highest BCUT2D eigenvalue weighted by Gasteiger charge is 2.30. The summed E-state index contributed by atoms with van der Waals surface area (Å²) in [6.45, 7) is 8.01. The maximum atomic E-state index is 5.75. The van der Waals surface area contributed by atoms with Crippen LogP contribution in [0, 0.1) is 0 Å². The first-order chi connectivity index (χ1) is 5.27. The summed E-state index contributed by atoms with van der Waals surface area (Å²) in [6, 6.07) is 0. The van der Waals surface area contributed by atoms with E-state index in [2.05, 4.69) is 13.2 Å². The van der Waals surface area contributed by atoms with Crippen molar-refractivity contribution in [2.75, 3.05) is 0 Å². The molecule has 2 heterocycles. The van der Waals surface area contributed by atoms with Gasteiger partial charge in [0.05, 0.1) is 12.2 Å². The minimum absolute atomic E-state index is 0.347. The summed E-state index contributed by atoms with van der Waals surface area (Å²) in [4.78, 5) is 0. The molecule has 0 N–H and O–H groups in total. The van der Waals surface area contributed by atoms with Gasteiger partial charge in [-0.25, -0.2) is 0 Å². The molecule has 2 atom stereocenters. The van der Waals surface area contributed by atoms with E-state index in [-0.39, 0.29) is 0 Å². The second-order valence-corrected chi connectivity index (χ2v) is 3.51. The van der Waals surface area contributed by atoms with Gasteiger partial charge in [-0.1, -0.05) is 13.2 Å². The molecule has 0 aliphatic carbocycles. The van der Waals surface area contributed by atoms with Gasteiger partial charge in [0, 0.05) is 0 Å². The molecule has 0 radical (unpaired) electrons. The van der Waals surface area contributed by atoms with Crippen molar-refractivity contribution in [1.29, 1.82) is 0 Å². The van der Waals surface area contributed by atoms with Crippen LogP contribution < -0.4 is 0 Å². The summed E-state index contributed by atoms with van der Waals surface area (Å²) in [7, 11) is 0. The lowest BCUT2D eigenvalue weighted by Crippen LogP contribution is -2.34. The maximum absolute atomic E-state index is 5.75. The van der Waals surface area contributed by atoms with Crippen LogP contribution in [0.5, 0.6) is 0 Å². The lowest BCUT2D eigenvalue weighted by atomic mass is 9.86. The summed E-state index contributed by atoms with van der Waals surface area (Å²) >= 11 is 0. The molecule has 2 fully saturated rings. The predicted molar refractivity (Wildman–Crippen MR) is 45.4 cm³/mol. The van der Waals surface area contributed by atoms with Gasteiger partial charge in [0.1, 0.15) is 0 Å². The minimum Gasteiger partial charge on any atom is -0.366 e. The first-order valence-corrected chi connectivity index (χ1v) is 4.28. The average Bonchev–Trinajstić information content (AvgIpc) is 2.02. The number of fused-ring (bicyclic) bond motifs is 2. The Kier molecular flexibility index (Phi) is 1.61. The highest BCUT2D eigenvalue weighted by Crippen LogP contribution is 2.35. The summed E-state index contributed by atoms with van der Waals surface area (Å²) < 4.78 is 5.75. The van der Waals surface area contributed by atoms with Gasteiger partial charge in [-0.3, -0.25) is 0 Å². The number of hydrogen-bond acceptors (Lipinski definition) is 1. The van der Waals surface area contributed by atoms with E-state index in [1.807, 2.05) is 0 Å². The van der Waals surface area contributed by atoms with Crippen molar-refractivity contribution in [3.63, 3.8) is 0 Å². The Bertz CT molecular complexity index is 183. The second kappa shape index (κ2) is 2.49. The molecule has 1 nitrogen and oxygen atoms in total. The molecule has 0 aromatic heterocycles. The Hall–Kier alpha value is -0.560. The molecule has 2 aliphatic heterocycles. The van der Waals surface area contributed by atoms with E-state index in [1.54, 1.807) is 0 Å². The molecule has 1 heteroatoms. The van der Waals surface area contributed by atoms with Crippen LogP contribution in [0.1, 0.15) is 25.7 Å². The van der Waals surface area contributed by atoms with Crippen molar-refractivity contribution in [1.82, 2.24) is 0 Å². The molecule has 2 rings (SSSR count). The summed E-state index contributed by atoms with van der Waals surface area (Å²) in [5.41, 5.74) is 2.57. The average molecular weight is 150 g/mol. The quantitative estimate of drug-likeness (QED) is 0.482. The van der Waals surface area contributed by atoms with Crippen molar-refractivity contribution in [2.24, 2.45) is 0 Å². The van der Waals surface area contributed by atoms with E-state index in [9.17, 15) is 0 Å². The standard InChI is InChI=1S/C10H14O/c1-7-3-5-10-8(2)4-6-9(7)11-10/h9-10H,1-6H2. The number of ether oxygens (including phenoxy) is 1. The first kappa shape index (κ1) is 7.11. The van der Waals surface area contributed by atoms with E-state index in [1.165, 1.54) is 11.1 Å². The van der Waals surface area contributed by atoms with Crippen LogP contribution in [-0.4, -0.2) is 12.2 Å². The van der Waals surface area contributed by atoms with Crippen molar-refractivity contribution < 1.29 is 4.74 Å². The molecular formula is C10H14O. The van der Waals surface area contributed by atoms with Gasteiger partial charge in [-0.15, -0.1) is 0 Å². The molecule has 2 unspecified atom stereocenters. The topological polar surface area (TPSA) is 9.23 Å². The van der Waals surface area contributed by atoms with Crippen LogP contribution in [0.4, 0.5) is 0 Å². The first-order valence-electron chi connectivity index (χ1n) is 4.28. The zero-order valence-corrected chi connectivity index (χ0v) is 6.81. The third-order valence-electron chi connectivity index (χ3n) is 2.69. The molecule has 2 aliphatic rings. The SMILES string of the molecule is C=C1CCC2OC1CCC2=C. The van der Waals surface area contributed by atoms with Gasteiger partial charge in [0.15, 0.2) is 0 Å². The molecule has 11 heavy (non-hydrogen) atoms. The highest BCUT2D eigenvalue weighted by molar-refractivity contribution is 5.17. The number of rotatable bonds is 0. The fourth-order valence-corrected chi connectivity index (χ4v) is 1.89. The van der Waals surface area contributed by atoms with Crippen LogP contribution in [0.15, 0.2) is 24.3 Å². The largest absolute Gasteiger partial charge is 0.366 e. The zero-order chi connectivity index (χ0) is 7.84. The van der Waals surface area contributed by atoms with Gasteiger partial charge in [0.2, 0.25) is 0 Å². The zero-order valence-electron chi connectivity index (χ0n) is 6.81. The van der Waals surface area contributed by atoms with Crippen LogP contribution >= 0.6 is 0 Å². The van der Waals surface area contributed by atoms with E-state index in [0.29, 0.717) is 12.2 Å². The minimum atomic E-state index is 0.347. The summed E-state index contributed by atoms with van der Waals surface area (Å²) in [5, 5.41) is 0. The van der Waals surface area contributed by atoms with E-state index in [0.717, 1.165) is 25.7 Å². The Labute approximate surface area is 67.7 Å². The predicted octanol–water partition coefficient (Wildman–Crippen LogP) is 2.44. The van der Waals surface area contributed by atoms with Crippen molar-refractivity contribution in [2.45, 2.75) is 37.9 Å². The lowest BCUT2D eigenvalue weighted by molar-refractivity contribution is -0.0223. The van der Waals surface area contributed by atoms with Crippen molar-refractivity contribution >= 4 is 0 Å². The highest BCUT2D eigenvalue weighted by atomic mass is 16.5. The molecule has 0 aromatic carbocycles. The molecule has 2 bridgehead atoms. The summed E-state index contributed by atoms with van der Waals surface area (Å²) in [5.74, 6) is 0. The smallest absolute Gasteiger partial charge is 0.0793 e. The molecule has 0 amide bonds. The van der Waals surface area contributed by atoms with Gasteiger partial charge in [-0.2, -0.15) is 0 Å². The van der Waals surface area contributed by atoms with Crippen LogP contribution in [0.2, 0.25) is 0 Å². The summed E-state index contributed by atoms with van der Waals surface area (Å²) in [6.07, 6.45) is 5.17. The van der Waals surface area contributed by atoms with Gasteiger partial charge < -0.3 is 4.74 Å². The second-order valence-electron chi connectivity index (χ2n) is 3.51. The molecule has 0 spiro atoms. The molecule has 60 valence electrons. The fourth-order valence-electron chi connectivity index (χ4n) is 1.89. The van der Waals surface area contributed by atoms with Crippen molar-refractivity contribution in [3.8, 4) is 0 Å².